The summed E-state index contributed by atoms with van der Waals surface area (Å²) in [4.78, 5) is 10.3. The Morgan fingerprint density at radius 3 is 3.21 bits per heavy atom. The van der Waals surface area contributed by atoms with Crippen LogP contribution in [0.5, 0.6) is 0 Å². The molecule has 14 heavy (non-hydrogen) atoms. The fraction of sp³-hybridized carbons (Fsp3) is 0.556. The number of hydrogen-bond donors (Lipinski definition) is 1. The number of nitrogens with two attached hydrogens (primary N) is 1. The quantitative estimate of drug-likeness (QED) is 0.749. The molecule has 2 rings (SSSR count). The molecule has 0 saturated carbocycles. The molecule has 2 heterocycles. The van der Waals surface area contributed by atoms with Crippen LogP contribution < -0.4 is 10.6 Å². The van der Waals surface area contributed by atoms with E-state index in [9.17, 15) is 0 Å². The van der Waals surface area contributed by atoms with Crippen LogP contribution in [-0.4, -0.2) is 34.1 Å². The van der Waals surface area contributed by atoms with Crippen molar-refractivity contribution in [3.8, 4) is 0 Å². The molecular formula is C9H14N4S. The minimum Gasteiger partial charge on any atom is -0.394 e. The van der Waals surface area contributed by atoms with Crippen LogP contribution in [0, 0.1) is 0 Å². The van der Waals surface area contributed by atoms with Crippen molar-refractivity contribution in [2.45, 2.75) is 12.2 Å². The molecule has 0 amide bonds. The van der Waals surface area contributed by atoms with Crippen LogP contribution in [0.2, 0.25) is 0 Å². The Bertz CT molecular complexity index is 317. The highest BCUT2D eigenvalue weighted by Crippen LogP contribution is 2.25. The number of hydrogen-bond acceptors (Lipinski definition) is 5. The van der Waals surface area contributed by atoms with E-state index in [1.807, 2.05) is 11.8 Å². The predicted molar refractivity (Wildman–Crippen MR) is 60.6 cm³/mol. The summed E-state index contributed by atoms with van der Waals surface area (Å²) in [6, 6.07) is 0. The summed E-state index contributed by atoms with van der Waals surface area (Å²) < 4.78 is 0. The summed E-state index contributed by atoms with van der Waals surface area (Å²) >= 11 is 2.00. The van der Waals surface area contributed by atoms with Gasteiger partial charge >= 0.3 is 0 Å². The van der Waals surface area contributed by atoms with Crippen LogP contribution in [0.4, 0.5) is 11.5 Å². The first-order valence-corrected chi connectivity index (χ1v) is 5.74. The smallest absolute Gasteiger partial charge is 0.155 e. The second-order valence-corrected chi connectivity index (χ2v) is 4.98. The van der Waals surface area contributed by atoms with E-state index in [0.29, 0.717) is 10.9 Å². The van der Waals surface area contributed by atoms with E-state index < -0.39 is 0 Å². The number of nitrogen functional groups attached to an aromatic ring is 1. The molecule has 0 radical (unpaired) electrons. The topological polar surface area (TPSA) is 55.0 Å². The van der Waals surface area contributed by atoms with Crippen LogP contribution in [-0.2, 0) is 0 Å². The van der Waals surface area contributed by atoms with E-state index in [1.165, 1.54) is 0 Å². The Balaban J connectivity index is 2.18. The summed E-state index contributed by atoms with van der Waals surface area (Å²) in [5.41, 5.74) is 6.50. The van der Waals surface area contributed by atoms with Gasteiger partial charge < -0.3 is 10.6 Å². The summed E-state index contributed by atoms with van der Waals surface area (Å²) in [6.45, 7) is 4.27. The monoisotopic (exact) mass is 210 g/mol. The lowest BCUT2D eigenvalue weighted by Crippen LogP contribution is -2.37. The summed E-state index contributed by atoms with van der Waals surface area (Å²) in [5.74, 6) is 2.03. The van der Waals surface area contributed by atoms with E-state index in [2.05, 4.69) is 21.8 Å². The number of aromatic nitrogens is 2. The largest absolute Gasteiger partial charge is 0.394 e. The minimum absolute atomic E-state index is 0.651. The molecule has 1 fully saturated rings. The van der Waals surface area contributed by atoms with Crippen molar-refractivity contribution in [1.29, 1.82) is 0 Å². The number of anilines is 2. The first-order chi connectivity index (χ1) is 6.77. The Labute approximate surface area is 87.9 Å². The molecule has 0 aliphatic carbocycles. The third kappa shape index (κ3) is 1.92. The van der Waals surface area contributed by atoms with Gasteiger partial charge in [0.1, 0.15) is 6.33 Å². The first kappa shape index (κ1) is 9.58. The molecule has 1 aromatic heterocycles. The van der Waals surface area contributed by atoms with Gasteiger partial charge in [0, 0.05) is 24.1 Å². The second kappa shape index (κ2) is 4.04. The van der Waals surface area contributed by atoms with Gasteiger partial charge in [-0.25, -0.2) is 9.97 Å². The molecule has 0 bridgehead atoms. The lowest BCUT2D eigenvalue weighted by molar-refractivity contribution is 0.769. The third-order valence-electron chi connectivity index (χ3n) is 2.26. The van der Waals surface area contributed by atoms with Gasteiger partial charge in [-0.3, -0.25) is 0 Å². The maximum absolute atomic E-state index is 5.82. The van der Waals surface area contributed by atoms with Crippen LogP contribution in [0.3, 0.4) is 0 Å². The normalized spacial score (nSPS) is 22.4. The molecule has 2 N–H and O–H groups in total. The summed E-state index contributed by atoms with van der Waals surface area (Å²) in [7, 11) is 0. The van der Waals surface area contributed by atoms with E-state index in [4.69, 9.17) is 5.73 Å². The van der Waals surface area contributed by atoms with Crippen molar-refractivity contribution in [3.05, 3.63) is 12.5 Å². The molecule has 5 heteroatoms. The maximum Gasteiger partial charge on any atom is 0.155 e. The Morgan fingerprint density at radius 2 is 2.50 bits per heavy atom. The highest BCUT2D eigenvalue weighted by atomic mass is 32.2. The van der Waals surface area contributed by atoms with Crippen molar-refractivity contribution < 1.29 is 0 Å². The Hall–Kier alpha value is -0.970. The molecule has 4 nitrogen and oxygen atoms in total. The van der Waals surface area contributed by atoms with Crippen LogP contribution >= 0.6 is 11.8 Å². The SMILES string of the molecule is CC1CN(c2ncncc2N)CCS1. The fourth-order valence-electron chi connectivity index (χ4n) is 1.61. The Morgan fingerprint density at radius 1 is 1.64 bits per heavy atom. The number of thioether (sulfide) groups is 1. The van der Waals surface area contributed by atoms with Crippen LogP contribution in [0.25, 0.3) is 0 Å². The molecule has 1 saturated heterocycles. The van der Waals surface area contributed by atoms with Crippen LogP contribution in [0.1, 0.15) is 6.92 Å². The molecule has 1 aliphatic heterocycles. The first-order valence-electron chi connectivity index (χ1n) is 4.69. The number of rotatable bonds is 1. The lowest BCUT2D eigenvalue weighted by atomic mass is 10.3. The summed E-state index contributed by atoms with van der Waals surface area (Å²) in [6.07, 6.45) is 3.22. The summed E-state index contributed by atoms with van der Waals surface area (Å²) in [5, 5.41) is 0.651. The molecule has 1 unspecified atom stereocenters. The van der Waals surface area contributed by atoms with Gasteiger partial charge in [0.05, 0.1) is 11.9 Å². The highest BCUT2D eigenvalue weighted by Gasteiger charge is 2.19. The van der Waals surface area contributed by atoms with E-state index in [-0.39, 0.29) is 0 Å². The predicted octanol–water partition coefficient (Wildman–Crippen LogP) is 1.00. The van der Waals surface area contributed by atoms with Crippen LogP contribution in [0.15, 0.2) is 12.5 Å². The van der Waals surface area contributed by atoms with Crippen molar-refractivity contribution in [2.75, 3.05) is 29.5 Å². The maximum atomic E-state index is 5.82. The van der Waals surface area contributed by atoms with Gasteiger partial charge in [-0.1, -0.05) is 6.92 Å². The van der Waals surface area contributed by atoms with E-state index >= 15 is 0 Å². The lowest BCUT2D eigenvalue weighted by Gasteiger charge is -2.31. The average molecular weight is 210 g/mol. The molecule has 0 spiro atoms. The Kier molecular flexibility index (Phi) is 2.77. The second-order valence-electron chi connectivity index (χ2n) is 3.43. The third-order valence-corrected chi connectivity index (χ3v) is 3.40. The van der Waals surface area contributed by atoms with Crippen molar-refractivity contribution in [3.63, 3.8) is 0 Å². The number of nitrogens with zero attached hydrogens (tertiary/aromatic N) is 3. The molecule has 1 aromatic rings. The van der Waals surface area contributed by atoms with Gasteiger partial charge in [-0.15, -0.1) is 0 Å². The molecule has 1 atom stereocenters. The fourth-order valence-corrected chi connectivity index (χ4v) is 2.62. The zero-order chi connectivity index (χ0) is 9.97. The van der Waals surface area contributed by atoms with E-state index in [0.717, 1.165) is 24.7 Å². The average Bonchev–Trinajstić information content (AvgIpc) is 2.18. The van der Waals surface area contributed by atoms with Gasteiger partial charge in [0.2, 0.25) is 0 Å². The van der Waals surface area contributed by atoms with Crippen molar-refractivity contribution in [2.24, 2.45) is 0 Å². The van der Waals surface area contributed by atoms with E-state index in [1.54, 1.807) is 12.5 Å². The van der Waals surface area contributed by atoms with Gasteiger partial charge in [0.15, 0.2) is 5.82 Å². The van der Waals surface area contributed by atoms with Gasteiger partial charge in [0.25, 0.3) is 0 Å². The zero-order valence-corrected chi connectivity index (χ0v) is 9.00. The molecule has 0 aromatic carbocycles. The minimum atomic E-state index is 0.651. The highest BCUT2D eigenvalue weighted by molar-refractivity contribution is 8.00. The van der Waals surface area contributed by atoms with Gasteiger partial charge in [-0.05, 0) is 0 Å². The van der Waals surface area contributed by atoms with Gasteiger partial charge in [-0.2, -0.15) is 11.8 Å². The standard InChI is InChI=1S/C9H14N4S/c1-7-5-13(2-3-14-7)9-8(10)4-11-6-12-9/h4,6-7H,2-3,5,10H2,1H3. The molecule has 1 aliphatic rings. The van der Waals surface area contributed by atoms with Crippen molar-refractivity contribution >= 4 is 23.3 Å². The zero-order valence-electron chi connectivity index (χ0n) is 8.18. The molecular weight excluding hydrogens is 196 g/mol. The van der Waals surface area contributed by atoms with Crippen molar-refractivity contribution in [1.82, 2.24) is 9.97 Å². The molecule has 76 valence electrons.